The molecule has 0 saturated heterocycles. The van der Waals surface area contributed by atoms with Gasteiger partial charge in [-0.05, 0) is 53.1 Å². The molecule has 0 saturated carbocycles. The third kappa shape index (κ3) is 2.06. The van der Waals surface area contributed by atoms with E-state index < -0.39 is 0 Å². The Balaban J connectivity index is 2.64. The van der Waals surface area contributed by atoms with E-state index in [-0.39, 0.29) is 5.92 Å². The molecule has 3 N–H and O–H groups in total. The summed E-state index contributed by atoms with van der Waals surface area (Å²) in [5.74, 6) is 0.496. The number of hydrogen-bond acceptors (Lipinski definition) is 2. The van der Waals surface area contributed by atoms with Crippen LogP contribution < -0.4 is 5.73 Å². The number of rotatable bonds is 2. The predicted octanol–water partition coefficient (Wildman–Crippen LogP) is 3.37. The number of phenols is 1. The first kappa shape index (κ1) is 11.4. The molecule has 1 unspecified atom stereocenters. The molecule has 2 aromatic rings. The molecule has 1 atom stereocenters. The van der Waals surface area contributed by atoms with Gasteiger partial charge in [-0.1, -0.05) is 28.9 Å². The van der Waals surface area contributed by atoms with E-state index in [0.717, 1.165) is 20.8 Å². The summed E-state index contributed by atoms with van der Waals surface area (Å²) in [6.07, 6.45) is 0. The van der Waals surface area contributed by atoms with E-state index in [1.807, 2.05) is 31.2 Å². The standard InChI is InChI=1S/C13H14BrNO/c1-8(7-15)12-5-10-4-11(14)3-2-9(10)6-13(12)16/h2-6,8,16H,7,15H2,1H3. The number of aromatic hydroxyl groups is 1. The van der Waals surface area contributed by atoms with Crippen LogP contribution in [0.4, 0.5) is 0 Å². The Kier molecular flexibility index (Phi) is 3.17. The average molecular weight is 280 g/mol. The van der Waals surface area contributed by atoms with Crippen molar-refractivity contribution in [2.45, 2.75) is 12.8 Å². The van der Waals surface area contributed by atoms with Crippen molar-refractivity contribution in [1.29, 1.82) is 0 Å². The summed E-state index contributed by atoms with van der Waals surface area (Å²) in [6.45, 7) is 2.55. The van der Waals surface area contributed by atoms with Crippen molar-refractivity contribution >= 4 is 26.7 Å². The summed E-state index contributed by atoms with van der Waals surface area (Å²) < 4.78 is 1.04. The van der Waals surface area contributed by atoms with Crippen LogP contribution in [0, 0.1) is 0 Å². The van der Waals surface area contributed by atoms with E-state index in [4.69, 9.17) is 5.73 Å². The quantitative estimate of drug-likeness (QED) is 0.886. The molecule has 2 aromatic carbocycles. The van der Waals surface area contributed by atoms with Gasteiger partial charge in [0.15, 0.2) is 0 Å². The van der Waals surface area contributed by atoms with Gasteiger partial charge in [-0.15, -0.1) is 0 Å². The van der Waals surface area contributed by atoms with E-state index in [9.17, 15) is 5.11 Å². The average Bonchev–Trinajstić information content (AvgIpc) is 2.28. The van der Waals surface area contributed by atoms with Crippen molar-refractivity contribution in [2.75, 3.05) is 6.54 Å². The van der Waals surface area contributed by atoms with Crippen LogP contribution in [-0.4, -0.2) is 11.7 Å². The third-order valence-corrected chi connectivity index (χ3v) is 3.33. The number of phenolic OH excluding ortho intramolecular Hbond substituents is 1. The second kappa shape index (κ2) is 4.44. The van der Waals surface area contributed by atoms with Gasteiger partial charge in [-0.25, -0.2) is 0 Å². The molecule has 0 aliphatic rings. The zero-order valence-electron chi connectivity index (χ0n) is 9.07. The summed E-state index contributed by atoms with van der Waals surface area (Å²) in [5.41, 5.74) is 6.54. The minimum Gasteiger partial charge on any atom is -0.508 e. The molecule has 0 amide bonds. The fraction of sp³-hybridized carbons (Fsp3) is 0.231. The first-order valence-corrected chi connectivity index (χ1v) is 6.03. The van der Waals surface area contributed by atoms with Gasteiger partial charge in [-0.2, -0.15) is 0 Å². The fourth-order valence-corrected chi connectivity index (χ4v) is 2.17. The summed E-state index contributed by atoms with van der Waals surface area (Å²) in [5, 5.41) is 12.1. The monoisotopic (exact) mass is 279 g/mol. The highest BCUT2D eigenvalue weighted by atomic mass is 79.9. The molecule has 0 fully saturated rings. The molecule has 2 nitrogen and oxygen atoms in total. The number of nitrogens with two attached hydrogens (primary N) is 1. The summed E-state index contributed by atoms with van der Waals surface area (Å²) in [6, 6.07) is 9.79. The predicted molar refractivity (Wildman–Crippen MR) is 70.8 cm³/mol. The van der Waals surface area contributed by atoms with Crippen LogP contribution in [0.5, 0.6) is 5.75 Å². The smallest absolute Gasteiger partial charge is 0.119 e. The van der Waals surface area contributed by atoms with E-state index in [1.54, 1.807) is 6.07 Å². The van der Waals surface area contributed by atoms with Crippen LogP contribution in [0.2, 0.25) is 0 Å². The van der Waals surface area contributed by atoms with Crippen molar-refractivity contribution in [1.82, 2.24) is 0 Å². The van der Waals surface area contributed by atoms with Gasteiger partial charge >= 0.3 is 0 Å². The maximum Gasteiger partial charge on any atom is 0.119 e. The van der Waals surface area contributed by atoms with Crippen LogP contribution in [0.15, 0.2) is 34.8 Å². The normalized spacial score (nSPS) is 12.9. The Morgan fingerprint density at radius 3 is 2.69 bits per heavy atom. The molecule has 0 bridgehead atoms. The Hall–Kier alpha value is -1.06. The maximum atomic E-state index is 9.91. The molecule has 0 aliphatic heterocycles. The first-order chi connectivity index (χ1) is 7.61. The number of fused-ring (bicyclic) bond motifs is 1. The third-order valence-electron chi connectivity index (χ3n) is 2.83. The molecular formula is C13H14BrNO. The Morgan fingerprint density at radius 1 is 1.25 bits per heavy atom. The summed E-state index contributed by atoms with van der Waals surface area (Å²) in [7, 11) is 0. The van der Waals surface area contributed by atoms with Crippen molar-refractivity contribution in [3.8, 4) is 5.75 Å². The minimum absolute atomic E-state index is 0.170. The van der Waals surface area contributed by atoms with E-state index >= 15 is 0 Å². The lowest BCUT2D eigenvalue weighted by atomic mass is 9.97. The largest absolute Gasteiger partial charge is 0.508 e. The van der Waals surface area contributed by atoms with Crippen LogP contribution >= 0.6 is 15.9 Å². The van der Waals surface area contributed by atoms with Crippen LogP contribution in [0.3, 0.4) is 0 Å². The first-order valence-electron chi connectivity index (χ1n) is 5.24. The Labute approximate surface area is 103 Å². The summed E-state index contributed by atoms with van der Waals surface area (Å²) in [4.78, 5) is 0. The second-order valence-electron chi connectivity index (χ2n) is 4.04. The minimum atomic E-state index is 0.170. The van der Waals surface area contributed by atoms with Gasteiger partial charge in [0.2, 0.25) is 0 Å². The Bertz CT molecular complexity index is 525. The molecule has 3 heteroatoms. The lowest BCUT2D eigenvalue weighted by Gasteiger charge is -2.12. The highest BCUT2D eigenvalue weighted by Gasteiger charge is 2.10. The van der Waals surface area contributed by atoms with Crippen molar-refractivity contribution in [3.05, 3.63) is 40.4 Å². The fourth-order valence-electron chi connectivity index (χ4n) is 1.80. The molecule has 0 aliphatic carbocycles. The van der Waals surface area contributed by atoms with Crippen LogP contribution in [0.1, 0.15) is 18.4 Å². The lowest BCUT2D eigenvalue weighted by Crippen LogP contribution is -2.08. The number of halogens is 1. The van der Waals surface area contributed by atoms with E-state index in [2.05, 4.69) is 15.9 Å². The van der Waals surface area contributed by atoms with Crippen molar-refractivity contribution in [3.63, 3.8) is 0 Å². The van der Waals surface area contributed by atoms with Gasteiger partial charge in [-0.3, -0.25) is 0 Å². The van der Waals surface area contributed by atoms with E-state index in [0.29, 0.717) is 12.3 Å². The SMILES string of the molecule is CC(CN)c1cc2cc(Br)ccc2cc1O. The van der Waals surface area contributed by atoms with Crippen molar-refractivity contribution < 1.29 is 5.11 Å². The molecule has 0 aromatic heterocycles. The topological polar surface area (TPSA) is 46.2 Å². The Morgan fingerprint density at radius 2 is 2.00 bits per heavy atom. The summed E-state index contributed by atoms with van der Waals surface area (Å²) >= 11 is 3.44. The molecule has 0 spiro atoms. The lowest BCUT2D eigenvalue weighted by molar-refractivity contribution is 0.464. The zero-order valence-corrected chi connectivity index (χ0v) is 10.7. The molecule has 16 heavy (non-hydrogen) atoms. The molecule has 0 heterocycles. The van der Waals surface area contributed by atoms with Crippen LogP contribution in [0.25, 0.3) is 10.8 Å². The van der Waals surface area contributed by atoms with E-state index in [1.165, 1.54) is 0 Å². The maximum absolute atomic E-state index is 9.91. The van der Waals surface area contributed by atoms with Crippen molar-refractivity contribution in [2.24, 2.45) is 5.73 Å². The highest BCUT2D eigenvalue weighted by molar-refractivity contribution is 9.10. The molecule has 0 radical (unpaired) electrons. The second-order valence-corrected chi connectivity index (χ2v) is 4.95. The van der Waals surface area contributed by atoms with Gasteiger partial charge in [0.1, 0.15) is 5.75 Å². The molecule has 84 valence electrons. The van der Waals surface area contributed by atoms with Gasteiger partial charge in [0.05, 0.1) is 0 Å². The van der Waals surface area contributed by atoms with Gasteiger partial charge in [0.25, 0.3) is 0 Å². The highest BCUT2D eigenvalue weighted by Crippen LogP contribution is 2.31. The molecule has 2 rings (SSSR count). The number of hydrogen-bond donors (Lipinski definition) is 2. The molecular weight excluding hydrogens is 266 g/mol. The number of benzene rings is 2. The van der Waals surface area contributed by atoms with Crippen LogP contribution in [-0.2, 0) is 0 Å². The zero-order chi connectivity index (χ0) is 11.7. The van der Waals surface area contributed by atoms with Gasteiger partial charge in [0, 0.05) is 4.47 Å². The van der Waals surface area contributed by atoms with Gasteiger partial charge < -0.3 is 10.8 Å².